The molecule has 0 fully saturated rings. The minimum absolute atomic E-state index is 0.0946. The molecule has 0 radical (unpaired) electrons. The fourth-order valence-electron chi connectivity index (χ4n) is 6.08. The van der Waals surface area contributed by atoms with Crippen molar-refractivity contribution in [1.82, 2.24) is 4.98 Å². The van der Waals surface area contributed by atoms with Gasteiger partial charge < -0.3 is 30.0 Å². The monoisotopic (exact) mass is 1090 g/mol. The zero-order chi connectivity index (χ0) is 53.4. The Morgan fingerprint density at radius 3 is 1.56 bits per heavy atom. The van der Waals surface area contributed by atoms with Crippen molar-refractivity contribution in [1.29, 1.82) is 0 Å². The molecular formula is C48H37BrClF10N3O8. The Morgan fingerprint density at radius 1 is 0.620 bits per heavy atom. The fraction of sp³-hybridized carbons (Fsp3) is 0.188. The van der Waals surface area contributed by atoms with Crippen LogP contribution in [0.25, 0.3) is 0 Å². The number of alkyl halides is 6. The number of nitrogens with zero attached hydrogens (tertiary/aromatic N) is 1. The summed E-state index contributed by atoms with van der Waals surface area (Å²) in [4.78, 5) is 51.4. The van der Waals surface area contributed by atoms with Crippen LogP contribution in [-0.4, -0.2) is 42.3 Å². The lowest BCUT2D eigenvalue weighted by Crippen LogP contribution is -2.19. The average molecular weight is 1090 g/mol. The van der Waals surface area contributed by atoms with Crippen LogP contribution in [0.5, 0.6) is 23.0 Å². The van der Waals surface area contributed by atoms with Gasteiger partial charge in [-0.25, -0.2) is 32.1 Å². The SMILES string of the molecule is COC(=O)c1cc(NC(=O)c2c(Oc3ccc(F)c(F)c3C)ccc(C(F)(F)F)c2C)c(C)cn1.COC(=O)c1ccc(C)c(N)c1.Cc1c(Oc2ccc(C(F)(F)F)c(Br)c2C(=O)Cl)ccc(F)c1F. The van der Waals surface area contributed by atoms with Crippen molar-refractivity contribution >= 4 is 62.0 Å². The van der Waals surface area contributed by atoms with Crippen LogP contribution in [0.15, 0.2) is 83.5 Å². The number of halogens is 12. The lowest BCUT2D eigenvalue weighted by Gasteiger charge is -2.19. The molecule has 71 heavy (non-hydrogen) atoms. The molecule has 0 unspecified atom stereocenters. The number of aromatic nitrogens is 1. The first-order chi connectivity index (χ1) is 33.0. The number of esters is 2. The molecule has 0 saturated heterocycles. The molecule has 0 aliphatic rings. The highest BCUT2D eigenvalue weighted by molar-refractivity contribution is 9.10. The van der Waals surface area contributed by atoms with Crippen LogP contribution < -0.4 is 20.5 Å². The second-order valence-corrected chi connectivity index (χ2v) is 15.9. The zero-order valence-corrected chi connectivity index (χ0v) is 40.2. The van der Waals surface area contributed by atoms with Crippen LogP contribution in [0, 0.1) is 57.9 Å². The highest BCUT2D eigenvalue weighted by Crippen LogP contribution is 2.43. The van der Waals surface area contributed by atoms with Gasteiger partial charge in [0.05, 0.1) is 42.0 Å². The van der Waals surface area contributed by atoms with Gasteiger partial charge in [-0.3, -0.25) is 9.59 Å². The van der Waals surface area contributed by atoms with Gasteiger partial charge in [-0.1, -0.05) is 6.07 Å². The molecule has 0 saturated carbocycles. The number of anilines is 2. The number of aryl methyl sites for hydroxylation is 2. The van der Waals surface area contributed by atoms with E-state index in [1.807, 2.05) is 6.92 Å². The third-order valence-corrected chi connectivity index (χ3v) is 11.0. The summed E-state index contributed by atoms with van der Waals surface area (Å²) in [6, 6.07) is 13.3. The summed E-state index contributed by atoms with van der Waals surface area (Å²) in [6.45, 7) is 6.97. The number of amides is 1. The van der Waals surface area contributed by atoms with E-state index in [4.69, 9.17) is 26.8 Å². The topological polar surface area (TPSA) is 156 Å². The first-order valence-electron chi connectivity index (χ1n) is 19.9. The number of hydrogen-bond acceptors (Lipinski definition) is 10. The molecule has 1 aromatic heterocycles. The van der Waals surface area contributed by atoms with E-state index in [2.05, 4.69) is 35.7 Å². The lowest BCUT2D eigenvalue weighted by atomic mass is 9.99. The van der Waals surface area contributed by atoms with E-state index in [9.17, 15) is 63.1 Å². The van der Waals surface area contributed by atoms with Gasteiger partial charge in [0.2, 0.25) is 0 Å². The first kappa shape index (κ1) is 56.4. The van der Waals surface area contributed by atoms with Crippen molar-refractivity contribution in [3.63, 3.8) is 0 Å². The number of carbonyl (C=O) groups is 4. The number of rotatable bonds is 9. The van der Waals surface area contributed by atoms with E-state index in [0.717, 1.165) is 62.1 Å². The Hall–Kier alpha value is -7.20. The van der Waals surface area contributed by atoms with Crippen molar-refractivity contribution in [3.05, 3.63) is 168 Å². The normalized spacial score (nSPS) is 11.0. The van der Waals surface area contributed by atoms with Crippen LogP contribution in [0.4, 0.5) is 55.3 Å². The summed E-state index contributed by atoms with van der Waals surface area (Å²) in [5, 5.41) is 1.25. The fourth-order valence-corrected chi connectivity index (χ4v) is 7.11. The minimum atomic E-state index is -4.78. The second-order valence-electron chi connectivity index (χ2n) is 14.7. The maximum absolute atomic E-state index is 14.0. The molecule has 376 valence electrons. The summed E-state index contributed by atoms with van der Waals surface area (Å²) >= 11 is 8.03. The van der Waals surface area contributed by atoms with Crippen LogP contribution in [-0.2, 0) is 21.8 Å². The Labute approximate surface area is 411 Å². The van der Waals surface area contributed by atoms with Crippen LogP contribution in [0.3, 0.4) is 0 Å². The Morgan fingerprint density at radius 2 is 1.10 bits per heavy atom. The van der Waals surface area contributed by atoms with Gasteiger partial charge in [0.1, 0.15) is 28.7 Å². The van der Waals surface area contributed by atoms with Crippen molar-refractivity contribution in [3.8, 4) is 23.0 Å². The van der Waals surface area contributed by atoms with Crippen LogP contribution >= 0.6 is 27.5 Å². The first-order valence-corrected chi connectivity index (χ1v) is 21.1. The molecule has 0 spiro atoms. The quantitative estimate of drug-likeness (QED) is 0.0618. The maximum atomic E-state index is 14.0. The van der Waals surface area contributed by atoms with Gasteiger partial charge in [0.15, 0.2) is 23.3 Å². The van der Waals surface area contributed by atoms with Gasteiger partial charge >= 0.3 is 24.3 Å². The molecule has 0 bridgehead atoms. The van der Waals surface area contributed by atoms with E-state index < -0.39 is 85.0 Å². The van der Waals surface area contributed by atoms with Gasteiger partial charge in [-0.2, -0.15) is 26.3 Å². The number of methoxy groups -OCH3 is 2. The molecule has 0 aliphatic heterocycles. The predicted octanol–water partition coefficient (Wildman–Crippen LogP) is 13.7. The molecule has 6 aromatic rings. The molecule has 11 nitrogen and oxygen atoms in total. The third kappa shape index (κ3) is 13.6. The molecular weight excluding hydrogens is 1050 g/mol. The van der Waals surface area contributed by atoms with Crippen molar-refractivity contribution in [2.45, 2.75) is 47.0 Å². The molecule has 3 N–H and O–H groups in total. The summed E-state index contributed by atoms with van der Waals surface area (Å²) in [5.74, 6) is -7.75. The third-order valence-electron chi connectivity index (χ3n) is 10.0. The van der Waals surface area contributed by atoms with Gasteiger partial charge in [0, 0.05) is 33.2 Å². The zero-order valence-electron chi connectivity index (χ0n) is 37.8. The predicted molar refractivity (Wildman–Crippen MR) is 243 cm³/mol. The average Bonchev–Trinajstić information content (AvgIpc) is 3.29. The number of carbonyl (C=O) groups excluding carboxylic acids is 4. The van der Waals surface area contributed by atoms with Gasteiger partial charge in [-0.15, -0.1) is 0 Å². The number of benzene rings is 5. The number of pyridine rings is 1. The lowest BCUT2D eigenvalue weighted by molar-refractivity contribution is -0.139. The highest BCUT2D eigenvalue weighted by Gasteiger charge is 2.37. The van der Waals surface area contributed by atoms with Gasteiger partial charge in [-0.05, 0) is 146 Å². The van der Waals surface area contributed by atoms with E-state index in [0.29, 0.717) is 22.9 Å². The molecule has 1 heterocycles. The van der Waals surface area contributed by atoms with Crippen LogP contribution in [0.2, 0.25) is 0 Å². The molecule has 5 aromatic carbocycles. The molecule has 0 atom stereocenters. The Kier molecular flexibility index (Phi) is 18.4. The molecule has 1 amide bonds. The standard InChI is InChI=1S/C24H19F5N2O4.C15H7BrClF5O2.C9H11NO2/c1-11-10-30-17(23(33)34-4)9-16(11)31-22(32)20-12(2)14(24(27,28)29)5-7-19(20)35-18-8-6-15(25)21(26)13(18)3;1-6-9(5-3-8(18)13(6)19)24-10-4-2-7(15(20,21)22)12(16)11(10)14(17)23;1-6-3-4-7(5-8(6)10)9(11)12-2/h5-10H,1-4H3,(H,30,31,32);2-5H,1H3;3-5H,10H2,1-2H3. The van der Waals surface area contributed by atoms with Crippen molar-refractivity contribution < 1.29 is 82.0 Å². The van der Waals surface area contributed by atoms with E-state index in [1.165, 1.54) is 33.2 Å². The largest absolute Gasteiger partial charge is 0.465 e. The summed E-state index contributed by atoms with van der Waals surface area (Å²) in [7, 11) is 2.48. The Balaban J connectivity index is 0.000000261. The number of hydrogen-bond donors (Lipinski definition) is 2. The summed E-state index contributed by atoms with van der Waals surface area (Å²) < 4.78 is 153. The van der Waals surface area contributed by atoms with E-state index >= 15 is 0 Å². The maximum Gasteiger partial charge on any atom is 0.417 e. The van der Waals surface area contributed by atoms with Crippen LogP contribution in [0.1, 0.15) is 80.5 Å². The second kappa shape index (κ2) is 23.1. The smallest absolute Gasteiger partial charge is 0.417 e. The number of ether oxygens (including phenoxy) is 4. The van der Waals surface area contributed by atoms with Gasteiger partial charge in [0.25, 0.3) is 11.1 Å². The van der Waals surface area contributed by atoms with E-state index in [-0.39, 0.29) is 51.5 Å². The molecule has 6 rings (SSSR count). The minimum Gasteiger partial charge on any atom is -0.465 e. The molecule has 0 aliphatic carbocycles. The Bertz CT molecular complexity index is 3040. The van der Waals surface area contributed by atoms with Crippen molar-refractivity contribution in [2.75, 3.05) is 25.3 Å². The summed E-state index contributed by atoms with van der Waals surface area (Å²) in [5.41, 5.74) is 3.87. The van der Waals surface area contributed by atoms with Crippen molar-refractivity contribution in [2.24, 2.45) is 0 Å². The number of nitrogens with two attached hydrogens (primary N) is 1. The summed E-state index contributed by atoms with van der Waals surface area (Å²) in [6.07, 6.45) is -8.22. The van der Waals surface area contributed by atoms with E-state index in [1.54, 1.807) is 25.1 Å². The number of nitrogen functional groups attached to an aromatic ring is 1. The molecule has 23 heteroatoms. The number of nitrogens with one attached hydrogen (secondary N) is 1. The highest BCUT2D eigenvalue weighted by atomic mass is 79.9.